The van der Waals surface area contributed by atoms with Gasteiger partial charge in [-0.25, -0.2) is 4.79 Å². The first-order valence-corrected chi connectivity index (χ1v) is 10.2. The van der Waals surface area contributed by atoms with Crippen molar-refractivity contribution in [2.45, 2.75) is 25.3 Å². The van der Waals surface area contributed by atoms with Crippen LogP contribution in [0, 0.1) is 0 Å². The first-order chi connectivity index (χ1) is 14.1. The summed E-state index contributed by atoms with van der Waals surface area (Å²) in [7, 11) is 1.61. The molecule has 0 aliphatic carbocycles. The molecule has 8 heteroatoms. The number of likely N-dealkylation sites (tertiary alicyclic amines) is 1. The van der Waals surface area contributed by atoms with Gasteiger partial charge in [0.1, 0.15) is 11.8 Å². The Morgan fingerprint density at radius 2 is 1.93 bits per heavy atom. The number of urea groups is 1. The van der Waals surface area contributed by atoms with Crippen molar-refractivity contribution in [1.29, 1.82) is 0 Å². The van der Waals surface area contributed by atoms with E-state index < -0.39 is 0 Å². The van der Waals surface area contributed by atoms with Crippen molar-refractivity contribution in [2.75, 3.05) is 19.0 Å². The van der Waals surface area contributed by atoms with E-state index in [1.165, 1.54) is 0 Å². The van der Waals surface area contributed by atoms with Crippen LogP contribution in [-0.4, -0.2) is 34.7 Å². The van der Waals surface area contributed by atoms with Crippen molar-refractivity contribution in [2.24, 2.45) is 0 Å². The summed E-state index contributed by atoms with van der Waals surface area (Å²) in [4.78, 5) is 19.2. The Balaban J connectivity index is 1.51. The van der Waals surface area contributed by atoms with Crippen LogP contribution in [0.2, 0.25) is 0 Å². The molecule has 0 bridgehead atoms. The Morgan fingerprint density at radius 3 is 2.66 bits per heavy atom. The number of hydrogen-bond acceptors (Lipinski definition) is 5. The average Bonchev–Trinajstić information content (AvgIpc) is 3.25. The van der Waals surface area contributed by atoms with Gasteiger partial charge < -0.3 is 19.5 Å². The van der Waals surface area contributed by atoms with Crippen LogP contribution in [0.25, 0.3) is 11.4 Å². The molecule has 1 fully saturated rings. The number of nitrogens with zero attached hydrogens (tertiary/aromatic N) is 3. The monoisotopic (exact) mass is 456 g/mol. The van der Waals surface area contributed by atoms with E-state index in [2.05, 4.69) is 31.4 Å². The van der Waals surface area contributed by atoms with Gasteiger partial charge >= 0.3 is 6.03 Å². The number of benzene rings is 2. The van der Waals surface area contributed by atoms with Gasteiger partial charge in [-0.15, -0.1) is 0 Å². The summed E-state index contributed by atoms with van der Waals surface area (Å²) in [6, 6.07) is 14.5. The maximum Gasteiger partial charge on any atom is 0.322 e. The Hall–Kier alpha value is -2.87. The quantitative estimate of drug-likeness (QED) is 0.578. The van der Waals surface area contributed by atoms with E-state index in [0.717, 1.165) is 35.0 Å². The van der Waals surface area contributed by atoms with Crippen LogP contribution in [0.4, 0.5) is 10.5 Å². The zero-order chi connectivity index (χ0) is 20.2. The molecule has 29 heavy (non-hydrogen) atoms. The maximum atomic E-state index is 12.9. The van der Waals surface area contributed by atoms with E-state index in [1.807, 2.05) is 48.5 Å². The van der Waals surface area contributed by atoms with Gasteiger partial charge in [-0.2, -0.15) is 4.98 Å². The molecule has 1 saturated heterocycles. The maximum absolute atomic E-state index is 12.9. The third-order valence-corrected chi connectivity index (χ3v) is 5.46. The number of ether oxygens (including phenoxy) is 1. The van der Waals surface area contributed by atoms with Crippen LogP contribution in [0.3, 0.4) is 0 Å². The van der Waals surface area contributed by atoms with Gasteiger partial charge in [0, 0.05) is 22.3 Å². The van der Waals surface area contributed by atoms with E-state index in [0.29, 0.717) is 23.9 Å². The van der Waals surface area contributed by atoms with Gasteiger partial charge in [0.15, 0.2) is 0 Å². The first-order valence-electron chi connectivity index (χ1n) is 9.45. The van der Waals surface area contributed by atoms with Gasteiger partial charge in [-0.05, 0) is 67.8 Å². The van der Waals surface area contributed by atoms with Crippen LogP contribution in [-0.2, 0) is 0 Å². The Kier molecular flexibility index (Phi) is 5.80. The number of piperidine rings is 1. The summed E-state index contributed by atoms with van der Waals surface area (Å²) in [6.45, 7) is 0.642. The average molecular weight is 457 g/mol. The molecule has 1 aliphatic heterocycles. The molecule has 1 aliphatic rings. The molecule has 3 aromatic rings. The molecule has 1 N–H and O–H groups in total. The fourth-order valence-electron chi connectivity index (χ4n) is 3.39. The molecule has 150 valence electrons. The highest BCUT2D eigenvalue weighted by atomic mass is 79.9. The summed E-state index contributed by atoms with van der Waals surface area (Å²) in [6.07, 6.45) is 2.74. The molecular formula is C21H21BrN4O3. The second-order valence-electron chi connectivity index (χ2n) is 6.83. The Morgan fingerprint density at radius 1 is 1.17 bits per heavy atom. The predicted octanol–water partition coefficient (Wildman–Crippen LogP) is 5.27. The van der Waals surface area contributed by atoms with E-state index in [-0.39, 0.29) is 12.1 Å². The van der Waals surface area contributed by atoms with E-state index in [9.17, 15) is 4.79 Å². The highest BCUT2D eigenvalue weighted by Crippen LogP contribution is 2.32. The third-order valence-electron chi connectivity index (χ3n) is 4.93. The van der Waals surface area contributed by atoms with Gasteiger partial charge in [-0.1, -0.05) is 21.1 Å². The number of hydrogen-bond donors (Lipinski definition) is 1. The number of anilines is 1. The third kappa shape index (κ3) is 4.42. The highest BCUT2D eigenvalue weighted by molar-refractivity contribution is 9.10. The Bertz CT molecular complexity index is 972. The summed E-state index contributed by atoms with van der Waals surface area (Å²) in [5, 5.41) is 7.06. The van der Waals surface area contributed by atoms with Crippen LogP contribution >= 0.6 is 15.9 Å². The summed E-state index contributed by atoms with van der Waals surface area (Å²) >= 11 is 3.42. The zero-order valence-corrected chi connectivity index (χ0v) is 17.6. The highest BCUT2D eigenvalue weighted by Gasteiger charge is 2.32. The van der Waals surface area contributed by atoms with Crippen LogP contribution in [0.1, 0.15) is 31.2 Å². The fraction of sp³-hybridized carbons (Fsp3) is 0.286. The molecule has 0 spiro atoms. The standard InChI is InChI=1S/C21H21BrN4O3/c1-28-17-11-9-16(10-12-17)23-21(27)26-13-3-2-4-18(26)20-24-19(25-29-20)14-5-7-15(22)8-6-14/h5-12,18H,2-4,13H2,1H3,(H,23,27). The smallest absolute Gasteiger partial charge is 0.322 e. The number of aromatic nitrogens is 2. The number of nitrogens with one attached hydrogen (secondary N) is 1. The van der Waals surface area contributed by atoms with Gasteiger partial charge in [0.2, 0.25) is 11.7 Å². The lowest BCUT2D eigenvalue weighted by Crippen LogP contribution is -2.41. The summed E-state index contributed by atoms with van der Waals surface area (Å²) in [5.41, 5.74) is 1.58. The largest absolute Gasteiger partial charge is 0.497 e. The summed E-state index contributed by atoms with van der Waals surface area (Å²) < 4.78 is 11.7. The van der Waals surface area contributed by atoms with Crippen molar-refractivity contribution < 1.29 is 14.1 Å². The van der Waals surface area contributed by atoms with Crippen molar-refractivity contribution in [1.82, 2.24) is 15.0 Å². The van der Waals surface area contributed by atoms with Crippen LogP contribution < -0.4 is 10.1 Å². The minimum Gasteiger partial charge on any atom is -0.497 e. The van der Waals surface area contributed by atoms with Gasteiger partial charge in [-0.3, -0.25) is 0 Å². The van der Waals surface area contributed by atoms with Crippen molar-refractivity contribution in [3.8, 4) is 17.1 Å². The van der Waals surface area contributed by atoms with E-state index in [1.54, 1.807) is 12.0 Å². The number of carbonyl (C=O) groups is 1. The summed E-state index contributed by atoms with van der Waals surface area (Å²) in [5.74, 6) is 1.73. The molecule has 1 aromatic heterocycles. The normalized spacial score (nSPS) is 16.5. The number of carbonyl (C=O) groups excluding carboxylic acids is 1. The number of halogens is 1. The molecule has 0 saturated carbocycles. The molecule has 1 unspecified atom stereocenters. The second-order valence-corrected chi connectivity index (χ2v) is 7.74. The van der Waals surface area contributed by atoms with Crippen LogP contribution in [0.5, 0.6) is 5.75 Å². The molecular weight excluding hydrogens is 436 g/mol. The van der Waals surface area contributed by atoms with E-state index >= 15 is 0 Å². The van der Waals surface area contributed by atoms with E-state index in [4.69, 9.17) is 9.26 Å². The minimum atomic E-state index is -0.237. The number of rotatable bonds is 4. The molecule has 2 heterocycles. The van der Waals surface area contributed by atoms with Crippen LogP contribution in [0.15, 0.2) is 57.5 Å². The van der Waals surface area contributed by atoms with Crippen molar-refractivity contribution >= 4 is 27.6 Å². The lowest BCUT2D eigenvalue weighted by Gasteiger charge is -2.33. The predicted molar refractivity (Wildman–Crippen MR) is 113 cm³/mol. The Labute approximate surface area is 177 Å². The van der Waals surface area contributed by atoms with Crippen molar-refractivity contribution in [3.05, 3.63) is 58.9 Å². The lowest BCUT2D eigenvalue weighted by molar-refractivity contribution is 0.142. The van der Waals surface area contributed by atoms with Gasteiger partial charge in [0.25, 0.3) is 0 Å². The lowest BCUT2D eigenvalue weighted by atomic mass is 10.0. The molecule has 0 radical (unpaired) electrons. The molecule has 1 atom stereocenters. The second kappa shape index (κ2) is 8.65. The van der Waals surface area contributed by atoms with Crippen molar-refractivity contribution in [3.63, 3.8) is 0 Å². The number of methoxy groups -OCH3 is 1. The first kappa shape index (κ1) is 19.4. The minimum absolute atomic E-state index is 0.178. The fourth-order valence-corrected chi connectivity index (χ4v) is 3.65. The molecule has 2 aromatic carbocycles. The zero-order valence-electron chi connectivity index (χ0n) is 16.0. The topological polar surface area (TPSA) is 80.5 Å². The van der Waals surface area contributed by atoms with Gasteiger partial charge in [0.05, 0.1) is 7.11 Å². The number of amides is 2. The molecule has 4 rings (SSSR count). The SMILES string of the molecule is COc1ccc(NC(=O)N2CCCCC2c2nc(-c3ccc(Br)cc3)no2)cc1. The molecule has 7 nitrogen and oxygen atoms in total. The molecule has 2 amide bonds.